The van der Waals surface area contributed by atoms with Crippen LogP contribution in [0.15, 0.2) is 40.8 Å². The molecule has 1 aromatic heterocycles. The molecule has 0 aliphatic carbocycles. The Morgan fingerprint density at radius 2 is 2.09 bits per heavy atom. The molecule has 0 saturated carbocycles. The lowest BCUT2D eigenvalue weighted by Gasteiger charge is -2.34. The lowest BCUT2D eigenvalue weighted by Crippen LogP contribution is -2.46. The number of carbonyl (C=O) groups excluding carboxylic acids is 2. The zero-order valence-electron chi connectivity index (χ0n) is 13.0. The summed E-state index contributed by atoms with van der Waals surface area (Å²) in [6.07, 6.45) is 0.690. The predicted molar refractivity (Wildman–Crippen MR) is 85.4 cm³/mol. The number of carbonyl (C=O) groups is 2. The summed E-state index contributed by atoms with van der Waals surface area (Å²) in [5.41, 5.74) is 1.72. The monoisotopic (exact) mass is 314 g/mol. The van der Waals surface area contributed by atoms with Gasteiger partial charge in [0.15, 0.2) is 0 Å². The molecule has 3 rings (SSSR count). The van der Waals surface area contributed by atoms with Crippen molar-refractivity contribution in [3.63, 3.8) is 0 Å². The number of nitrogens with zero attached hydrogens (tertiary/aromatic N) is 1. The number of hydrogen-bond acceptors (Lipinski definition) is 5. The number of esters is 1. The number of hydrogen-bond donors (Lipinski definition) is 1. The number of nitrogens with one attached hydrogen (secondary N) is 1. The largest absolute Gasteiger partial charge is 0.463 e. The van der Waals surface area contributed by atoms with E-state index < -0.39 is 5.97 Å². The zero-order chi connectivity index (χ0) is 16.4. The van der Waals surface area contributed by atoms with Crippen LogP contribution in [0.1, 0.15) is 29.7 Å². The van der Waals surface area contributed by atoms with E-state index in [1.165, 1.54) is 7.11 Å². The molecule has 1 aliphatic rings. The third-order valence-corrected chi connectivity index (χ3v) is 3.86. The van der Waals surface area contributed by atoms with Crippen molar-refractivity contribution in [3.05, 3.63) is 47.9 Å². The van der Waals surface area contributed by atoms with Gasteiger partial charge in [0.05, 0.1) is 25.0 Å². The summed E-state index contributed by atoms with van der Waals surface area (Å²) in [6.45, 7) is 2.23. The van der Waals surface area contributed by atoms with Gasteiger partial charge < -0.3 is 19.4 Å². The quantitative estimate of drug-likeness (QED) is 0.879. The Morgan fingerprint density at radius 3 is 2.83 bits per heavy atom. The first-order chi connectivity index (χ1) is 11.1. The second-order valence-electron chi connectivity index (χ2n) is 5.30. The van der Waals surface area contributed by atoms with Crippen molar-refractivity contribution in [3.8, 4) is 0 Å². The van der Waals surface area contributed by atoms with Gasteiger partial charge in [-0.1, -0.05) is 19.1 Å². The van der Waals surface area contributed by atoms with Gasteiger partial charge in [-0.2, -0.15) is 0 Å². The molecule has 0 saturated heterocycles. The summed E-state index contributed by atoms with van der Waals surface area (Å²) < 4.78 is 10.1. The van der Waals surface area contributed by atoms with Crippen molar-refractivity contribution >= 4 is 23.3 Å². The average molecular weight is 314 g/mol. The molecule has 2 heterocycles. The molecule has 1 atom stereocenters. The number of ether oxygens (including phenoxy) is 1. The highest BCUT2D eigenvalue weighted by Gasteiger charge is 2.31. The van der Waals surface area contributed by atoms with Crippen LogP contribution in [0.25, 0.3) is 0 Å². The van der Waals surface area contributed by atoms with Gasteiger partial charge in [-0.3, -0.25) is 4.79 Å². The standard InChI is InChI=1S/C17H18N2O4/c1-3-12-16(20)19(14-7-5-4-6-13(14)18-12)10-11-8-9-15(23-11)17(21)22-2/h4-9,12,18H,3,10H2,1-2H3. The number of methoxy groups -OCH3 is 1. The smallest absolute Gasteiger partial charge is 0.373 e. The summed E-state index contributed by atoms with van der Waals surface area (Å²) in [5, 5.41) is 3.25. The van der Waals surface area contributed by atoms with Crippen molar-refractivity contribution in [1.82, 2.24) is 0 Å². The number of benzene rings is 1. The Hall–Kier alpha value is -2.76. The van der Waals surface area contributed by atoms with Gasteiger partial charge in [-0.25, -0.2) is 4.79 Å². The maximum absolute atomic E-state index is 12.7. The van der Waals surface area contributed by atoms with Crippen LogP contribution in [0.3, 0.4) is 0 Å². The molecule has 6 heteroatoms. The minimum atomic E-state index is -0.533. The van der Waals surface area contributed by atoms with Crippen LogP contribution in [0.2, 0.25) is 0 Å². The molecule has 1 amide bonds. The van der Waals surface area contributed by atoms with Crippen molar-refractivity contribution < 1.29 is 18.7 Å². The van der Waals surface area contributed by atoms with Crippen LogP contribution in [-0.4, -0.2) is 25.0 Å². The van der Waals surface area contributed by atoms with Crippen molar-refractivity contribution in [2.24, 2.45) is 0 Å². The van der Waals surface area contributed by atoms with E-state index in [9.17, 15) is 9.59 Å². The van der Waals surface area contributed by atoms with Crippen LogP contribution >= 0.6 is 0 Å². The van der Waals surface area contributed by atoms with Crippen LogP contribution < -0.4 is 10.2 Å². The predicted octanol–water partition coefficient (Wildman–Crippen LogP) is 2.80. The number of para-hydroxylation sites is 2. The first-order valence-electron chi connectivity index (χ1n) is 7.48. The Labute approximate surface area is 134 Å². The maximum atomic E-state index is 12.7. The van der Waals surface area contributed by atoms with Crippen LogP contribution in [0.4, 0.5) is 11.4 Å². The topological polar surface area (TPSA) is 71.8 Å². The van der Waals surface area contributed by atoms with Crippen molar-refractivity contribution in [1.29, 1.82) is 0 Å². The van der Waals surface area contributed by atoms with E-state index in [-0.39, 0.29) is 24.3 Å². The molecule has 1 aromatic carbocycles. The van der Waals surface area contributed by atoms with Crippen LogP contribution in [0, 0.1) is 0 Å². The molecular weight excluding hydrogens is 296 g/mol. The van der Waals surface area contributed by atoms with Gasteiger partial charge in [0.1, 0.15) is 11.8 Å². The molecule has 23 heavy (non-hydrogen) atoms. The summed E-state index contributed by atoms with van der Waals surface area (Å²) in [4.78, 5) is 25.8. The van der Waals surface area contributed by atoms with E-state index in [0.29, 0.717) is 12.2 Å². The van der Waals surface area contributed by atoms with E-state index >= 15 is 0 Å². The number of fused-ring (bicyclic) bond motifs is 1. The molecule has 0 bridgehead atoms. The third kappa shape index (κ3) is 2.79. The lowest BCUT2D eigenvalue weighted by atomic mass is 10.1. The molecule has 1 aliphatic heterocycles. The second kappa shape index (κ2) is 6.16. The molecule has 2 aromatic rings. The third-order valence-electron chi connectivity index (χ3n) is 3.86. The molecule has 0 radical (unpaired) electrons. The molecular formula is C17H18N2O4. The van der Waals surface area contributed by atoms with Gasteiger partial charge in [0.25, 0.3) is 0 Å². The fourth-order valence-corrected chi connectivity index (χ4v) is 2.66. The minimum Gasteiger partial charge on any atom is -0.463 e. The van der Waals surface area contributed by atoms with Crippen molar-refractivity contribution in [2.75, 3.05) is 17.3 Å². The fourth-order valence-electron chi connectivity index (χ4n) is 2.66. The van der Waals surface area contributed by atoms with Gasteiger partial charge in [-0.15, -0.1) is 0 Å². The highest BCUT2D eigenvalue weighted by molar-refractivity contribution is 6.04. The molecule has 0 fully saturated rings. The SMILES string of the molecule is CCC1Nc2ccccc2N(Cc2ccc(C(=O)OC)o2)C1=O. The van der Waals surface area contributed by atoms with Gasteiger partial charge in [0, 0.05) is 0 Å². The Balaban J connectivity index is 1.90. The zero-order valence-corrected chi connectivity index (χ0v) is 13.0. The van der Waals surface area contributed by atoms with E-state index in [1.54, 1.807) is 17.0 Å². The minimum absolute atomic E-state index is 0.0118. The Kier molecular flexibility index (Phi) is 4.06. The normalized spacial score (nSPS) is 16.7. The average Bonchev–Trinajstić information content (AvgIpc) is 3.05. The first kappa shape index (κ1) is 15.1. The van der Waals surface area contributed by atoms with Crippen LogP contribution in [0.5, 0.6) is 0 Å². The van der Waals surface area contributed by atoms with E-state index in [2.05, 4.69) is 10.1 Å². The second-order valence-corrected chi connectivity index (χ2v) is 5.30. The Morgan fingerprint density at radius 1 is 1.30 bits per heavy atom. The summed E-state index contributed by atoms with van der Waals surface area (Å²) >= 11 is 0. The maximum Gasteiger partial charge on any atom is 0.373 e. The first-order valence-corrected chi connectivity index (χ1v) is 7.48. The lowest BCUT2D eigenvalue weighted by molar-refractivity contribution is -0.119. The Bertz CT molecular complexity index is 738. The van der Waals surface area contributed by atoms with E-state index in [1.807, 2.05) is 31.2 Å². The molecule has 0 spiro atoms. The summed E-state index contributed by atoms with van der Waals surface area (Å²) in [7, 11) is 1.30. The summed E-state index contributed by atoms with van der Waals surface area (Å²) in [5.74, 6) is 0.118. The van der Waals surface area contributed by atoms with Crippen molar-refractivity contribution in [2.45, 2.75) is 25.9 Å². The van der Waals surface area contributed by atoms with E-state index in [0.717, 1.165) is 11.4 Å². The van der Waals surface area contributed by atoms with Gasteiger partial charge in [0.2, 0.25) is 11.7 Å². The molecule has 120 valence electrons. The summed E-state index contributed by atoms with van der Waals surface area (Å²) in [6, 6.07) is 10.6. The van der Waals surface area contributed by atoms with Crippen LogP contribution in [-0.2, 0) is 16.1 Å². The highest BCUT2D eigenvalue weighted by Crippen LogP contribution is 2.33. The van der Waals surface area contributed by atoms with Gasteiger partial charge in [-0.05, 0) is 30.7 Å². The highest BCUT2D eigenvalue weighted by atomic mass is 16.5. The number of furan rings is 1. The molecule has 6 nitrogen and oxygen atoms in total. The van der Waals surface area contributed by atoms with Gasteiger partial charge >= 0.3 is 5.97 Å². The fraction of sp³-hybridized carbons (Fsp3) is 0.294. The molecule has 1 unspecified atom stereocenters. The molecule has 1 N–H and O–H groups in total. The number of rotatable bonds is 4. The number of anilines is 2. The number of amides is 1. The van der Waals surface area contributed by atoms with E-state index in [4.69, 9.17) is 4.42 Å².